The molecule has 1 atom stereocenters. The summed E-state index contributed by atoms with van der Waals surface area (Å²) >= 11 is 0. The Hall–Kier alpha value is -4.85. The number of benzene rings is 1. The van der Waals surface area contributed by atoms with E-state index >= 15 is 0 Å². The Balaban J connectivity index is 1.18. The smallest absolute Gasteiger partial charge is 0.146 e. The number of nitrogens with one attached hydrogen (secondary N) is 2. The van der Waals surface area contributed by atoms with Gasteiger partial charge in [-0.15, -0.1) is 0 Å². The van der Waals surface area contributed by atoms with Gasteiger partial charge in [0.25, 0.3) is 0 Å². The molecule has 1 aliphatic rings. The van der Waals surface area contributed by atoms with E-state index in [9.17, 15) is 9.65 Å². The molecule has 39 heavy (non-hydrogen) atoms. The van der Waals surface area contributed by atoms with Crippen molar-refractivity contribution in [2.75, 3.05) is 23.3 Å². The molecule has 1 aliphatic heterocycles. The molecule has 1 unspecified atom stereocenters. The highest BCUT2D eigenvalue weighted by Gasteiger charge is 2.30. The van der Waals surface area contributed by atoms with Gasteiger partial charge in [-0.3, -0.25) is 4.68 Å². The first kappa shape index (κ1) is 24.5. The largest absolute Gasteiger partial charge is 0.356 e. The molecule has 5 heterocycles. The standard InChI is InChI=1S/C28H27FN10/c1-18-26(37-23-5-3-2-4-22(23)29)33-17-35-28(18)38-12-8-19(9-13-38)24(6-10-30)39-15-20(14-36-39)25-21-7-11-31-27(21)34-16-32-25/h2-5,7,11,14-17,19,24H,6,8-9,12-13H2,1H3,(H,31,32,34)(H,33,35,37). The van der Waals surface area contributed by atoms with Gasteiger partial charge in [0.2, 0.25) is 0 Å². The molecule has 0 radical (unpaired) electrons. The molecule has 0 saturated carbocycles. The molecule has 1 fully saturated rings. The number of fused-ring (bicyclic) bond motifs is 1. The molecule has 10 nitrogen and oxygen atoms in total. The van der Waals surface area contributed by atoms with E-state index in [1.807, 2.05) is 36.3 Å². The molecule has 196 valence electrons. The van der Waals surface area contributed by atoms with Crippen LogP contribution in [-0.2, 0) is 0 Å². The Morgan fingerprint density at radius 2 is 1.95 bits per heavy atom. The van der Waals surface area contributed by atoms with E-state index in [2.05, 4.69) is 46.3 Å². The first-order valence-corrected chi connectivity index (χ1v) is 12.9. The maximum Gasteiger partial charge on any atom is 0.146 e. The fraction of sp³-hybridized carbons (Fsp3) is 0.286. The third-order valence-corrected chi connectivity index (χ3v) is 7.44. The SMILES string of the molecule is Cc1c(Nc2ccccc2F)ncnc1N1CCC(C(CC#N)n2cc(-c3ncnc4[nH]ccc34)cn2)CC1. The number of nitriles is 1. The summed E-state index contributed by atoms with van der Waals surface area (Å²) < 4.78 is 16.1. The van der Waals surface area contributed by atoms with Crippen LogP contribution in [0.5, 0.6) is 0 Å². The van der Waals surface area contributed by atoms with Crippen molar-refractivity contribution in [3.63, 3.8) is 0 Å². The van der Waals surface area contributed by atoms with Crippen LogP contribution in [0, 0.1) is 30.0 Å². The van der Waals surface area contributed by atoms with Gasteiger partial charge in [0, 0.05) is 42.0 Å². The maximum absolute atomic E-state index is 14.2. The molecular formula is C28H27FN10. The summed E-state index contributed by atoms with van der Waals surface area (Å²) in [6.45, 7) is 3.52. The fourth-order valence-electron chi connectivity index (χ4n) is 5.39. The number of nitrogens with zero attached hydrogens (tertiary/aromatic N) is 8. The summed E-state index contributed by atoms with van der Waals surface area (Å²) in [5.74, 6) is 1.37. The number of hydrogen-bond donors (Lipinski definition) is 2. The predicted molar refractivity (Wildman–Crippen MR) is 146 cm³/mol. The van der Waals surface area contributed by atoms with Crippen molar-refractivity contribution in [1.29, 1.82) is 5.26 Å². The van der Waals surface area contributed by atoms with Crippen LogP contribution >= 0.6 is 0 Å². The van der Waals surface area contributed by atoms with Crippen molar-refractivity contribution >= 4 is 28.4 Å². The third kappa shape index (κ3) is 4.77. The molecular weight excluding hydrogens is 495 g/mol. The minimum atomic E-state index is -0.333. The molecule has 4 aromatic heterocycles. The average Bonchev–Trinajstić information content (AvgIpc) is 3.64. The number of rotatable bonds is 7. The minimum Gasteiger partial charge on any atom is -0.356 e. The van der Waals surface area contributed by atoms with Crippen molar-refractivity contribution in [1.82, 2.24) is 34.7 Å². The van der Waals surface area contributed by atoms with Gasteiger partial charge in [0.1, 0.15) is 35.8 Å². The number of hydrogen-bond acceptors (Lipinski definition) is 8. The Morgan fingerprint density at radius 3 is 2.77 bits per heavy atom. The van der Waals surface area contributed by atoms with Crippen LogP contribution in [0.25, 0.3) is 22.3 Å². The number of piperidine rings is 1. The normalized spacial score (nSPS) is 14.8. The van der Waals surface area contributed by atoms with Crippen molar-refractivity contribution in [2.24, 2.45) is 5.92 Å². The third-order valence-electron chi connectivity index (χ3n) is 7.44. The zero-order valence-electron chi connectivity index (χ0n) is 21.4. The van der Waals surface area contributed by atoms with E-state index < -0.39 is 0 Å². The summed E-state index contributed by atoms with van der Waals surface area (Å²) in [6.07, 6.45) is 10.8. The minimum absolute atomic E-state index is 0.0424. The van der Waals surface area contributed by atoms with E-state index in [0.717, 1.165) is 59.6 Å². The number of anilines is 3. The van der Waals surface area contributed by atoms with Gasteiger partial charge in [-0.1, -0.05) is 12.1 Å². The summed E-state index contributed by atoms with van der Waals surface area (Å²) in [7, 11) is 0. The highest BCUT2D eigenvalue weighted by atomic mass is 19.1. The van der Waals surface area contributed by atoms with Crippen molar-refractivity contribution in [3.8, 4) is 17.3 Å². The lowest BCUT2D eigenvalue weighted by Gasteiger charge is -2.36. The monoisotopic (exact) mass is 522 g/mol. The van der Waals surface area contributed by atoms with Crippen LogP contribution < -0.4 is 10.2 Å². The highest BCUT2D eigenvalue weighted by molar-refractivity contribution is 5.90. The second-order valence-electron chi connectivity index (χ2n) is 9.70. The first-order valence-electron chi connectivity index (χ1n) is 12.9. The second-order valence-corrected chi connectivity index (χ2v) is 9.70. The van der Waals surface area contributed by atoms with E-state index in [0.29, 0.717) is 17.9 Å². The van der Waals surface area contributed by atoms with Crippen LogP contribution in [0.1, 0.15) is 30.9 Å². The summed E-state index contributed by atoms with van der Waals surface area (Å²) in [5.41, 5.74) is 3.73. The van der Waals surface area contributed by atoms with Crippen LogP contribution in [0.15, 0.2) is 61.6 Å². The van der Waals surface area contributed by atoms with Crippen LogP contribution in [0.2, 0.25) is 0 Å². The fourth-order valence-corrected chi connectivity index (χ4v) is 5.39. The molecule has 0 amide bonds. The zero-order chi connectivity index (χ0) is 26.8. The molecule has 6 rings (SSSR count). The Labute approximate surface area is 224 Å². The summed E-state index contributed by atoms with van der Waals surface area (Å²) in [4.78, 5) is 23.0. The number of halogens is 1. The summed E-state index contributed by atoms with van der Waals surface area (Å²) in [5, 5.41) is 18.3. The molecule has 2 N–H and O–H groups in total. The van der Waals surface area contributed by atoms with E-state index in [-0.39, 0.29) is 17.8 Å². The molecule has 11 heteroatoms. The second kappa shape index (κ2) is 10.5. The topological polar surface area (TPSA) is 124 Å². The Bertz CT molecular complexity index is 1640. The first-order chi connectivity index (χ1) is 19.1. The molecule has 5 aromatic rings. The lowest BCUT2D eigenvalue weighted by molar-refractivity contribution is 0.260. The number of H-pyrrole nitrogens is 1. The van der Waals surface area contributed by atoms with Crippen molar-refractivity contribution < 1.29 is 4.39 Å². The average molecular weight is 523 g/mol. The van der Waals surface area contributed by atoms with Gasteiger partial charge in [-0.25, -0.2) is 24.3 Å². The molecule has 0 bridgehead atoms. The maximum atomic E-state index is 14.2. The molecule has 0 aliphatic carbocycles. The van der Waals surface area contributed by atoms with E-state index in [1.54, 1.807) is 24.5 Å². The quantitative estimate of drug-likeness (QED) is 0.300. The number of aromatic nitrogens is 7. The lowest BCUT2D eigenvalue weighted by Crippen LogP contribution is -2.37. The Kier molecular flexibility index (Phi) is 6.59. The highest BCUT2D eigenvalue weighted by Crippen LogP contribution is 2.35. The Morgan fingerprint density at radius 1 is 1.13 bits per heavy atom. The van der Waals surface area contributed by atoms with Crippen LogP contribution in [0.3, 0.4) is 0 Å². The lowest BCUT2D eigenvalue weighted by atomic mass is 9.87. The zero-order valence-corrected chi connectivity index (χ0v) is 21.4. The van der Waals surface area contributed by atoms with Gasteiger partial charge in [0.05, 0.1) is 36.1 Å². The van der Waals surface area contributed by atoms with Gasteiger partial charge in [0.15, 0.2) is 0 Å². The van der Waals surface area contributed by atoms with Crippen LogP contribution in [0.4, 0.5) is 21.7 Å². The van der Waals surface area contributed by atoms with Gasteiger partial charge in [-0.2, -0.15) is 10.4 Å². The predicted octanol–water partition coefficient (Wildman–Crippen LogP) is 5.17. The van der Waals surface area contributed by atoms with E-state index in [4.69, 9.17) is 0 Å². The van der Waals surface area contributed by atoms with Crippen molar-refractivity contribution in [2.45, 2.75) is 32.2 Å². The van der Waals surface area contributed by atoms with Gasteiger partial charge < -0.3 is 15.2 Å². The molecule has 0 spiro atoms. The van der Waals surface area contributed by atoms with Crippen molar-refractivity contribution in [3.05, 3.63) is 73.0 Å². The van der Waals surface area contributed by atoms with Gasteiger partial charge in [-0.05, 0) is 43.9 Å². The number of para-hydroxylation sites is 1. The number of aromatic amines is 1. The van der Waals surface area contributed by atoms with E-state index in [1.165, 1.54) is 12.4 Å². The van der Waals surface area contributed by atoms with Gasteiger partial charge >= 0.3 is 0 Å². The summed E-state index contributed by atoms with van der Waals surface area (Å²) in [6, 6.07) is 10.8. The molecule has 1 aromatic carbocycles. The van der Waals surface area contributed by atoms with Crippen LogP contribution in [-0.4, -0.2) is 47.8 Å². The molecule has 1 saturated heterocycles.